The van der Waals surface area contributed by atoms with E-state index in [1.54, 1.807) is 6.42 Å². The van der Waals surface area contributed by atoms with Crippen LogP contribution in [0.15, 0.2) is 0 Å². The molecule has 3 heteroatoms. The van der Waals surface area contributed by atoms with Crippen LogP contribution in [-0.2, 0) is 0 Å². The summed E-state index contributed by atoms with van der Waals surface area (Å²) in [5, 5.41) is 1.91. The zero-order valence-electron chi connectivity index (χ0n) is 13.7. The summed E-state index contributed by atoms with van der Waals surface area (Å²) in [6.45, 7) is 0. The van der Waals surface area contributed by atoms with E-state index in [0.29, 0.717) is 0 Å². The van der Waals surface area contributed by atoms with Crippen molar-refractivity contribution in [3.8, 4) is 0 Å². The highest BCUT2D eigenvalue weighted by Crippen LogP contribution is 2.51. The van der Waals surface area contributed by atoms with Crippen LogP contribution in [0.5, 0.6) is 0 Å². The van der Waals surface area contributed by atoms with Crippen LogP contribution in [0.4, 0.5) is 0 Å². The van der Waals surface area contributed by atoms with Gasteiger partial charge in [0.05, 0.1) is 0 Å². The lowest BCUT2D eigenvalue weighted by Crippen LogP contribution is -2.47. The van der Waals surface area contributed by atoms with Gasteiger partial charge in [0, 0.05) is 22.6 Å². The fraction of sp³-hybridized carbons (Fsp3) is 1.00. The standard InChI is InChI=1S/C17H32N2S/c1-18(2)14-7-5-12-9-13-6-8-15(19(3)4)11-17(13)20-16(12)10-14/h12-17H,5-11H2,1-4H3. The lowest BCUT2D eigenvalue weighted by atomic mass is 9.74. The summed E-state index contributed by atoms with van der Waals surface area (Å²) < 4.78 is 0. The summed E-state index contributed by atoms with van der Waals surface area (Å²) in [6, 6.07) is 1.68. The third-order valence-corrected chi connectivity index (χ3v) is 8.07. The van der Waals surface area contributed by atoms with E-state index in [1.807, 2.05) is 0 Å². The van der Waals surface area contributed by atoms with Gasteiger partial charge in [-0.15, -0.1) is 0 Å². The molecule has 1 heterocycles. The van der Waals surface area contributed by atoms with Crippen molar-refractivity contribution in [2.24, 2.45) is 11.8 Å². The molecule has 2 aliphatic carbocycles. The van der Waals surface area contributed by atoms with Gasteiger partial charge in [-0.1, -0.05) is 0 Å². The summed E-state index contributed by atoms with van der Waals surface area (Å²) in [5.74, 6) is 2.07. The quantitative estimate of drug-likeness (QED) is 0.772. The third-order valence-electron chi connectivity index (χ3n) is 6.22. The van der Waals surface area contributed by atoms with E-state index in [9.17, 15) is 0 Å². The molecule has 0 spiro atoms. The van der Waals surface area contributed by atoms with Crippen LogP contribution in [0.1, 0.15) is 44.9 Å². The van der Waals surface area contributed by atoms with Gasteiger partial charge < -0.3 is 9.80 Å². The first kappa shape index (κ1) is 15.2. The minimum Gasteiger partial charge on any atom is -0.306 e. The Morgan fingerprint density at radius 3 is 1.50 bits per heavy atom. The van der Waals surface area contributed by atoms with Crippen molar-refractivity contribution in [3.05, 3.63) is 0 Å². The second-order valence-corrected chi connectivity index (χ2v) is 9.31. The lowest BCUT2D eigenvalue weighted by Gasteiger charge is -2.50. The molecule has 0 aromatic heterocycles. The molecule has 3 fully saturated rings. The highest BCUT2D eigenvalue weighted by molar-refractivity contribution is 8.00. The van der Waals surface area contributed by atoms with Crippen molar-refractivity contribution >= 4 is 11.8 Å². The maximum atomic E-state index is 2.46. The van der Waals surface area contributed by atoms with Crippen molar-refractivity contribution in [1.29, 1.82) is 0 Å². The summed E-state index contributed by atoms with van der Waals surface area (Å²) >= 11 is 2.39. The smallest absolute Gasteiger partial charge is 0.00999 e. The first-order valence-corrected chi connectivity index (χ1v) is 9.47. The number of rotatable bonds is 2. The van der Waals surface area contributed by atoms with Gasteiger partial charge in [-0.05, 0) is 85.0 Å². The predicted octanol–water partition coefficient (Wildman–Crippen LogP) is 3.32. The summed E-state index contributed by atoms with van der Waals surface area (Å²) in [4.78, 5) is 4.93. The Labute approximate surface area is 129 Å². The number of fused-ring (bicyclic) bond motifs is 2. The molecule has 0 radical (unpaired) electrons. The second-order valence-electron chi connectivity index (χ2n) is 7.83. The first-order chi connectivity index (χ1) is 9.54. The van der Waals surface area contributed by atoms with Crippen molar-refractivity contribution in [3.63, 3.8) is 0 Å². The van der Waals surface area contributed by atoms with Crippen molar-refractivity contribution in [2.75, 3.05) is 28.2 Å². The molecule has 1 aliphatic heterocycles. The maximum Gasteiger partial charge on any atom is 0.00999 e. The van der Waals surface area contributed by atoms with Crippen LogP contribution in [0.2, 0.25) is 0 Å². The molecule has 0 aromatic rings. The molecule has 6 atom stereocenters. The Balaban J connectivity index is 1.62. The Morgan fingerprint density at radius 2 is 1.10 bits per heavy atom. The lowest BCUT2D eigenvalue weighted by molar-refractivity contribution is 0.142. The molecule has 116 valence electrons. The van der Waals surface area contributed by atoms with Gasteiger partial charge >= 0.3 is 0 Å². The van der Waals surface area contributed by atoms with Crippen LogP contribution >= 0.6 is 11.8 Å². The molecule has 1 saturated heterocycles. The van der Waals surface area contributed by atoms with Crippen molar-refractivity contribution < 1.29 is 0 Å². The molecular formula is C17H32N2S. The first-order valence-electron chi connectivity index (χ1n) is 8.53. The van der Waals surface area contributed by atoms with Crippen LogP contribution in [-0.4, -0.2) is 60.6 Å². The Bertz CT molecular complexity index is 301. The highest BCUT2D eigenvalue weighted by Gasteiger charge is 2.43. The van der Waals surface area contributed by atoms with E-state index in [-0.39, 0.29) is 0 Å². The maximum absolute atomic E-state index is 2.46. The average molecular weight is 297 g/mol. The van der Waals surface area contributed by atoms with E-state index >= 15 is 0 Å². The van der Waals surface area contributed by atoms with Gasteiger partial charge in [0.2, 0.25) is 0 Å². The van der Waals surface area contributed by atoms with Crippen LogP contribution in [0.25, 0.3) is 0 Å². The fourth-order valence-corrected chi connectivity index (χ4v) is 6.82. The van der Waals surface area contributed by atoms with Gasteiger partial charge in [0.25, 0.3) is 0 Å². The van der Waals surface area contributed by atoms with E-state index in [1.165, 1.54) is 38.5 Å². The number of hydrogen-bond donors (Lipinski definition) is 0. The minimum absolute atomic E-state index is 0.841. The van der Waals surface area contributed by atoms with Gasteiger partial charge in [-0.3, -0.25) is 0 Å². The molecule has 0 bridgehead atoms. The van der Waals surface area contributed by atoms with Gasteiger partial charge in [0.15, 0.2) is 0 Å². The van der Waals surface area contributed by atoms with Gasteiger partial charge in [-0.2, -0.15) is 11.8 Å². The fourth-order valence-electron chi connectivity index (χ4n) is 4.77. The highest BCUT2D eigenvalue weighted by atomic mass is 32.2. The van der Waals surface area contributed by atoms with Crippen LogP contribution in [0, 0.1) is 11.8 Å². The molecule has 0 N–H and O–H groups in total. The average Bonchev–Trinajstić information content (AvgIpc) is 2.43. The molecule has 20 heavy (non-hydrogen) atoms. The number of thioether (sulfide) groups is 1. The SMILES string of the molecule is CN(C)C1CCC2CC3CCC(N(C)C)CC3SC2C1. The van der Waals surface area contributed by atoms with Gasteiger partial charge in [0.1, 0.15) is 0 Å². The Morgan fingerprint density at radius 1 is 0.650 bits per heavy atom. The summed E-state index contributed by atoms with van der Waals surface area (Å²) in [6.07, 6.45) is 10.3. The second kappa shape index (κ2) is 6.18. The third kappa shape index (κ3) is 3.05. The molecule has 0 aromatic carbocycles. The molecule has 3 aliphatic rings. The molecule has 6 unspecified atom stereocenters. The zero-order valence-corrected chi connectivity index (χ0v) is 14.5. The van der Waals surface area contributed by atoms with E-state index < -0.39 is 0 Å². The minimum atomic E-state index is 0.841. The summed E-state index contributed by atoms with van der Waals surface area (Å²) in [7, 11) is 9.07. The monoisotopic (exact) mass is 296 g/mol. The zero-order chi connectivity index (χ0) is 14.3. The Hall–Kier alpha value is 0.270. The van der Waals surface area contributed by atoms with Crippen molar-refractivity contribution in [2.45, 2.75) is 67.5 Å². The van der Waals surface area contributed by atoms with E-state index in [0.717, 1.165) is 34.4 Å². The summed E-state index contributed by atoms with van der Waals surface area (Å²) in [5.41, 5.74) is 0. The largest absolute Gasteiger partial charge is 0.306 e. The molecule has 3 rings (SSSR count). The topological polar surface area (TPSA) is 6.48 Å². The molecular weight excluding hydrogens is 264 g/mol. The van der Waals surface area contributed by atoms with E-state index in [4.69, 9.17) is 0 Å². The van der Waals surface area contributed by atoms with E-state index in [2.05, 4.69) is 49.8 Å². The Kier molecular flexibility index (Phi) is 4.69. The molecule has 2 nitrogen and oxygen atoms in total. The number of nitrogens with zero attached hydrogens (tertiary/aromatic N) is 2. The van der Waals surface area contributed by atoms with Gasteiger partial charge in [-0.25, -0.2) is 0 Å². The predicted molar refractivity (Wildman–Crippen MR) is 89.4 cm³/mol. The van der Waals surface area contributed by atoms with Crippen molar-refractivity contribution in [1.82, 2.24) is 9.80 Å². The molecule has 2 saturated carbocycles. The van der Waals surface area contributed by atoms with Crippen LogP contribution < -0.4 is 0 Å². The normalized spacial score (nSPS) is 45.3. The van der Waals surface area contributed by atoms with Crippen LogP contribution in [0.3, 0.4) is 0 Å². The molecule has 0 amide bonds. The number of hydrogen-bond acceptors (Lipinski definition) is 3.